The molecular formula is C12H20O2. The molecule has 0 saturated heterocycles. The van der Waals surface area contributed by atoms with Gasteiger partial charge in [-0.25, -0.2) is 0 Å². The number of carbonyl (C=O) groups excluding carboxylic acids is 1. The number of aliphatic hydroxyl groups is 1. The van der Waals surface area contributed by atoms with E-state index in [1.54, 1.807) is 0 Å². The molecule has 0 aromatic carbocycles. The van der Waals surface area contributed by atoms with Gasteiger partial charge < -0.3 is 5.11 Å². The minimum absolute atomic E-state index is 0.138. The van der Waals surface area contributed by atoms with Crippen LogP contribution in [0.15, 0.2) is 0 Å². The van der Waals surface area contributed by atoms with Crippen molar-refractivity contribution in [3.8, 4) is 0 Å². The zero-order chi connectivity index (χ0) is 10.3. The predicted molar refractivity (Wildman–Crippen MR) is 54.9 cm³/mol. The van der Waals surface area contributed by atoms with Crippen LogP contribution in [0.2, 0.25) is 0 Å². The highest BCUT2D eigenvalue weighted by molar-refractivity contribution is 5.81. The molecule has 80 valence electrons. The topological polar surface area (TPSA) is 37.3 Å². The summed E-state index contributed by atoms with van der Waals surface area (Å²) in [6, 6.07) is 0. The second kappa shape index (κ2) is 3.34. The number of ketones is 1. The molecule has 0 radical (unpaired) electrons. The fourth-order valence-corrected chi connectivity index (χ4v) is 3.62. The molecule has 0 aromatic heterocycles. The first kappa shape index (κ1) is 10.2. The molecule has 14 heavy (non-hydrogen) atoms. The molecule has 2 rings (SSSR count). The first-order valence-electron chi connectivity index (χ1n) is 5.74. The van der Waals surface area contributed by atoms with Gasteiger partial charge in [-0.15, -0.1) is 0 Å². The third kappa shape index (κ3) is 1.40. The fraction of sp³-hybridized carbons (Fsp3) is 0.917. The maximum Gasteiger partial charge on any atom is 0.133 e. The largest absolute Gasteiger partial charge is 0.393 e. The SMILES string of the molecule is CC1CC(O)CC(C)C12CCC(=O)C2. The van der Waals surface area contributed by atoms with E-state index in [1.165, 1.54) is 0 Å². The zero-order valence-corrected chi connectivity index (χ0v) is 9.12. The third-order valence-electron chi connectivity index (χ3n) is 4.61. The van der Waals surface area contributed by atoms with E-state index in [-0.39, 0.29) is 11.5 Å². The van der Waals surface area contributed by atoms with Crippen molar-refractivity contribution in [1.82, 2.24) is 0 Å². The van der Waals surface area contributed by atoms with E-state index in [0.717, 1.165) is 32.1 Å². The molecule has 2 unspecified atom stereocenters. The smallest absolute Gasteiger partial charge is 0.133 e. The highest BCUT2D eigenvalue weighted by Crippen LogP contribution is 2.54. The number of hydrogen-bond acceptors (Lipinski definition) is 2. The summed E-state index contributed by atoms with van der Waals surface area (Å²) in [5, 5.41) is 9.67. The van der Waals surface area contributed by atoms with Gasteiger partial charge in [0.2, 0.25) is 0 Å². The van der Waals surface area contributed by atoms with Crippen molar-refractivity contribution in [1.29, 1.82) is 0 Å². The van der Waals surface area contributed by atoms with Gasteiger partial charge in [0.15, 0.2) is 0 Å². The van der Waals surface area contributed by atoms with E-state index in [2.05, 4.69) is 13.8 Å². The van der Waals surface area contributed by atoms with Crippen molar-refractivity contribution < 1.29 is 9.90 Å². The molecule has 2 saturated carbocycles. The van der Waals surface area contributed by atoms with Gasteiger partial charge >= 0.3 is 0 Å². The second-order valence-corrected chi connectivity index (χ2v) is 5.38. The summed E-state index contributed by atoms with van der Waals surface area (Å²) in [5.74, 6) is 1.44. The van der Waals surface area contributed by atoms with E-state index < -0.39 is 0 Å². The third-order valence-corrected chi connectivity index (χ3v) is 4.61. The highest BCUT2D eigenvalue weighted by Gasteiger charge is 2.49. The monoisotopic (exact) mass is 196 g/mol. The molecule has 2 fully saturated rings. The van der Waals surface area contributed by atoms with Crippen LogP contribution in [0.4, 0.5) is 0 Å². The van der Waals surface area contributed by atoms with Crippen LogP contribution in [0, 0.1) is 17.3 Å². The van der Waals surface area contributed by atoms with Crippen LogP contribution >= 0.6 is 0 Å². The molecule has 0 aliphatic heterocycles. The molecular weight excluding hydrogens is 176 g/mol. The minimum Gasteiger partial charge on any atom is -0.393 e. The molecule has 0 heterocycles. The van der Waals surface area contributed by atoms with Crippen LogP contribution in [0.3, 0.4) is 0 Å². The minimum atomic E-state index is -0.138. The molecule has 2 aliphatic carbocycles. The van der Waals surface area contributed by atoms with Crippen LogP contribution in [-0.4, -0.2) is 17.0 Å². The van der Waals surface area contributed by atoms with Crippen LogP contribution in [0.25, 0.3) is 0 Å². The summed E-state index contributed by atoms with van der Waals surface area (Å²) in [6.07, 6.45) is 4.23. The molecule has 2 aliphatic rings. The average Bonchev–Trinajstić information content (AvgIpc) is 2.46. The molecule has 0 bridgehead atoms. The van der Waals surface area contributed by atoms with Crippen LogP contribution in [0.1, 0.15) is 46.0 Å². The number of carbonyl (C=O) groups is 1. The van der Waals surface area contributed by atoms with Gasteiger partial charge in [-0.3, -0.25) is 4.79 Å². The number of rotatable bonds is 0. The Morgan fingerprint density at radius 1 is 1.29 bits per heavy atom. The summed E-state index contributed by atoms with van der Waals surface area (Å²) >= 11 is 0. The Morgan fingerprint density at radius 2 is 1.86 bits per heavy atom. The van der Waals surface area contributed by atoms with E-state index in [9.17, 15) is 9.90 Å². The summed E-state index contributed by atoms with van der Waals surface area (Å²) in [4.78, 5) is 11.4. The molecule has 2 nitrogen and oxygen atoms in total. The lowest BCUT2D eigenvalue weighted by molar-refractivity contribution is -0.119. The fourth-order valence-electron chi connectivity index (χ4n) is 3.62. The Bertz CT molecular complexity index is 235. The van der Waals surface area contributed by atoms with E-state index in [4.69, 9.17) is 0 Å². The van der Waals surface area contributed by atoms with E-state index >= 15 is 0 Å². The number of aliphatic hydroxyl groups excluding tert-OH is 1. The normalized spacial score (nSPS) is 48.8. The zero-order valence-electron chi connectivity index (χ0n) is 9.12. The van der Waals surface area contributed by atoms with Gasteiger partial charge in [-0.05, 0) is 36.5 Å². The van der Waals surface area contributed by atoms with Crippen LogP contribution in [-0.2, 0) is 4.79 Å². The first-order chi connectivity index (χ1) is 6.54. The lowest BCUT2D eigenvalue weighted by Gasteiger charge is -2.46. The Labute approximate surface area is 85.7 Å². The summed E-state index contributed by atoms with van der Waals surface area (Å²) < 4.78 is 0. The molecule has 0 aromatic rings. The van der Waals surface area contributed by atoms with Crippen molar-refractivity contribution in [3.63, 3.8) is 0 Å². The van der Waals surface area contributed by atoms with Crippen molar-refractivity contribution in [3.05, 3.63) is 0 Å². The predicted octanol–water partition coefficient (Wildman–Crippen LogP) is 2.15. The Kier molecular flexibility index (Phi) is 2.42. The molecule has 0 amide bonds. The quantitative estimate of drug-likeness (QED) is 0.644. The van der Waals surface area contributed by atoms with Gasteiger partial charge in [0.25, 0.3) is 0 Å². The lowest BCUT2D eigenvalue weighted by Crippen LogP contribution is -2.41. The number of hydrogen-bond donors (Lipinski definition) is 1. The van der Waals surface area contributed by atoms with Crippen molar-refractivity contribution in [2.45, 2.75) is 52.1 Å². The van der Waals surface area contributed by atoms with E-state index in [0.29, 0.717) is 17.6 Å². The number of Topliss-reactive ketones (excluding diaryl/α,β-unsaturated/α-hetero) is 1. The highest BCUT2D eigenvalue weighted by atomic mass is 16.3. The molecule has 1 spiro atoms. The Hall–Kier alpha value is -0.370. The Balaban J connectivity index is 2.20. The second-order valence-electron chi connectivity index (χ2n) is 5.38. The van der Waals surface area contributed by atoms with Crippen LogP contribution in [0.5, 0.6) is 0 Å². The van der Waals surface area contributed by atoms with Gasteiger partial charge in [0.1, 0.15) is 5.78 Å². The van der Waals surface area contributed by atoms with Crippen LogP contribution < -0.4 is 0 Å². The van der Waals surface area contributed by atoms with Crippen molar-refractivity contribution >= 4 is 5.78 Å². The molecule has 2 atom stereocenters. The Morgan fingerprint density at radius 3 is 2.29 bits per heavy atom. The molecule has 2 heteroatoms. The van der Waals surface area contributed by atoms with E-state index in [1.807, 2.05) is 0 Å². The first-order valence-corrected chi connectivity index (χ1v) is 5.74. The standard InChI is InChI=1S/C12H20O2/c1-8-5-11(14)6-9(2)12(8)4-3-10(13)7-12/h8-9,11,14H,3-7H2,1-2H3. The average molecular weight is 196 g/mol. The van der Waals surface area contributed by atoms with Crippen molar-refractivity contribution in [2.24, 2.45) is 17.3 Å². The maximum absolute atomic E-state index is 11.4. The summed E-state index contributed by atoms with van der Waals surface area (Å²) in [5.41, 5.74) is 0.232. The van der Waals surface area contributed by atoms with Gasteiger partial charge in [0, 0.05) is 12.8 Å². The maximum atomic E-state index is 11.4. The summed E-state index contributed by atoms with van der Waals surface area (Å²) in [6.45, 7) is 4.41. The van der Waals surface area contributed by atoms with Crippen molar-refractivity contribution in [2.75, 3.05) is 0 Å². The molecule has 1 N–H and O–H groups in total. The lowest BCUT2D eigenvalue weighted by atomic mass is 9.59. The van der Waals surface area contributed by atoms with Gasteiger partial charge in [-0.2, -0.15) is 0 Å². The van der Waals surface area contributed by atoms with Gasteiger partial charge in [-0.1, -0.05) is 13.8 Å². The van der Waals surface area contributed by atoms with Gasteiger partial charge in [0.05, 0.1) is 6.10 Å². The summed E-state index contributed by atoms with van der Waals surface area (Å²) in [7, 11) is 0.